The van der Waals surface area contributed by atoms with Gasteiger partial charge in [-0.1, -0.05) is 12.1 Å². The van der Waals surface area contributed by atoms with E-state index in [0.29, 0.717) is 5.56 Å². The Balaban J connectivity index is 2.05. The maximum Gasteiger partial charge on any atom is 0.354 e. The van der Waals surface area contributed by atoms with Gasteiger partial charge in [-0.25, -0.2) is 22.9 Å². The lowest BCUT2D eigenvalue weighted by molar-refractivity contribution is 0.0690. The molecule has 0 bridgehead atoms. The van der Waals surface area contributed by atoms with Crippen LogP contribution in [-0.4, -0.2) is 24.5 Å². The Bertz CT molecular complexity index is 663. The van der Waals surface area contributed by atoms with E-state index in [1.54, 1.807) is 11.4 Å². The predicted octanol–water partition coefficient (Wildman–Crippen LogP) is 1.32. The molecular weight excluding hydrogens is 288 g/mol. The number of rotatable bonds is 5. The van der Waals surface area contributed by atoms with Crippen LogP contribution in [-0.2, 0) is 16.6 Å². The topological polar surface area (TPSA) is 96.4 Å². The quantitative estimate of drug-likeness (QED) is 0.867. The van der Waals surface area contributed by atoms with Gasteiger partial charge in [-0.3, -0.25) is 0 Å². The van der Waals surface area contributed by atoms with Gasteiger partial charge in [-0.2, -0.15) is 0 Å². The molecule has 0 unspecified atom stereocenters. The number of hydrogen-bond acceptors (Lipinski definition) is 5. The normalized spacial score (nSPS) is 11.4. The van der Waals surface area contributed by atoms with Crippen molar-refractivity contribution < 1.29 is 18.3 Å². The van der Waals surface area contributed by atoms with Crippen LogP contribution >= 0.6 is 11.3 Å². The molecule has 0 fully saturated rings. The average molecular weight is 298 g/mol. The molecule has 0 aliphatic heterocycles. The van der Waals surface area contributed by atoms with Crippen molar-refractivity contribution in [1.82, 2.24) is 9.71 Å². The number of pyridine rings is 1. The van der Waals surface area contributed by atoms with Crippen molar-refractivity contribution in [3.8, 4) is 0 Å². The number of carboxylic acid groups (broad SMARTS) is 1. The molecule has 0 aromatic carbocycles. The zero-order valence-electron chi connectivity index (χ0n) is 9.61. The van der Waals surface area contributed by atoms with Crippen LogP contribution in [0.15, 0.2) is 40.1 Å². The summed E-state index contributed by atoms with van der Waals surface area (Å²) in [7, 11) is -3.52. The number of hydrogen-bond donors (Lipinski definition) is 2. The van der Waals surface area contributed by atoms with Gasteiger partial charge >= 0.3 is 5.97 Å². The second-order valence-electron chi connectivity index (χ2n) is 3.61. The van der Waals surface area contributed by atoms with Gasteiger partial charge in [-0.15, -0.1) is 11.3 Å². The van der Waals surface area contributed by atoms with Gasteiger partial charge in [0.1, 0.15) is 9.90 Å². The van der Waals surface area contributed by atoms with Gasteiger partial charge in [0.05, 0.1) is 0 Å². The first-order chi connectivity index (χ1) is 8.99. The van der Waals surface area contributed by atoms with E-state index in [1.165, 1.54) is 24.4 Å². The highest BCUT2D eigenvalue weighted by Crippen LogP contribution is 2.15. The van der Waals surface area contributed by atoms with E-state index in [2.05, 4.69) is 9.71 Å². The van der Waals surface area contributed by atoms with Crippen molar-refractivity contribution in [3.05, 3.63) is 47.1 Å². The molecule has 2 N–H and O–H groups in total. The van der Waals surface area contributed by atoms with Gasteiger partial charge < -0.3 is 5.11 Å². The van der Waals surface area contributed by atoms with Crippen LogP contribution in [0, 0.1) is 0 Å². The van der Waals surface area contributed by atoms with E-state index >= 15 is 0 Å². The van der Waals surface area contributed by atoms with Crippen molar-refractivity contribution >= 4 is 27.3 Å². The lowest BCUT2D eigenvalue weighted by atomic mass is 10.2. The molecule has 0 atom stereocenters. The smallest absolute Gasteiger partial charge is 0.354 e. The first kappa shape index (κ1) is 13.7. The van der Waals surface area contributed by atoms with Gasteiger partial charge in [0.2, 0.25) is 10.0 Å². The molecular formula is C11H10N2O4S2. The Morgan fingerprint density at radius 3 is 2.68 bits per heavy atom. The fourth-order valence-corrected chi connectivity index (χ4v) is 3.38. The number of nitrogens with one attached hydrogen (secondary N) is 1. The van der Waals surface area contributed by atoms with Gasteiger partial charge in [0.15, 0.2) is 0 Å². The van der Waals surface area contributed by atoms with Crippen molar-refractivity contribution in [2.45, 2.75) is 10.8 Å². The van der Waals surface area contributed by atoms with Gasteiger partial charge in [0.25, 0.3) is 0 Å². The summed E-state index contributed by atoms with van der Waals surface area (Å²) in [4.78, 5) is 14.3. The maximum atomic E-state index is 11.8. The van der Waals surface area contributed by atoms with Crippen molar-refractivity contribution in [3.63, 3.8) is 0 Å². The molecule has 2 heterocycles. The number of aromatic carboxylic acids is 1. The molecule has 0 spiro atoms. The van der Waals surface area contributed by atoms with Crippen LogP contribution in [0.4, 0.5) is 0 Å². The molecule has 19 heavy (non-hydrogen) atoms. The minimum Gasteiger partial charge on any atom is -0.477 e. The summed E-state index contributed by atoms with van der Waals surface area (Å²) in [6, 6.07) is 6.02. The first-order valence-corrected chi connectivity index (χ1v) is 7.57. The number of thiophene rings is 1. The maximum absolute atomic E-state index is 11.8. The van der Waals surface area contributed by atoms with E-state index < -0.39 is 16.0 Å². The molecule has 6 nitrogen and oxygen atoms in total. The van der Waals surface area contributed by atoms with Crippen LogP contribution in [0.2, 0.25) is 0 Å². The van der Waals surface area contributed by atoms with Gasteiger partial charge in [0, 0.05) is 12.7 Å². The minimum atomic E-state index is -3.52. The van der Waals surface area contributed by atoms with Crippen molar-refractivity contribution in [1.29, 1.82) is 0 Å². The predicted molar refractivity (Wildman–Crippen MR) is 69.5 cm³/mol. The van der Waals surface area contributed by atoms with Gasteiger partial charge in [-0.05, 0) is 23.1 Å². The summed E-state index contributed by atoms with van der Waals surface area (Å²) >= 11 is 1.13. The van der Waals surface area contributed by atoms with E-state index in [0.717, 1.165) is 11.3 Å². The third kappa shape index (κ3) is 3.37. The molecule has 0 aliphatic rings. The van der Waals surface area contributed by atoms with Crippen LogP contribution in [0.25, 0.3) is 0 Å². The Kier molecular flexibility index (Phi) is 3.93. The summed E-state index contributed by atoms with van der Waals surface area (Å²) in [6.07, 6.45) is 1.33. The molecule has 100 valence electrons. The third-order valence-electron chi connectivity index (χ3n) is 2.27. The molecule has 8 heteroatoms. The highest BCUT2D eigenvalue weighted by atomic mass is 32.2. The number of nitrogens with zero attached hydrogens (tertiary/aromatic N) is 1. The molecule has 2 aromatic rings. The third-order valence-corrected chi connectivity index (χ3v) is 5.07. The number of sulfonamides is 1. The summed E-state index contributed by atoms with van der Waals surface area (Å²) < 4.78 is 26.3. The number of aromatic nitrogens is 1. The molecule has 2 rings (SSSR count). The van der Waals surface area contributed by atoms with E-state index in [9.17, 15) is 13.2 Å². The summed E-state index contributed by atoms with van der Waals surface area (Å²) in [5.74, 6) is -1.12. The molecule has 0 saturated heterocycles. The summed E-state index contributed by atoms with van der Waals surface area (Å²) in [6.45, 7) is 0.0626. The Labute approximate surface area is 113 Å². The van der Waals surface area contributed by atoms with Crippen molar-refractivity contribution in [2.75, 3.05) is 0 Å². The van der Waals surface area contributed by atoms with E-state index in [4.69, 9.17) is 5.11 Å². The van der Waals surface area contributed by atoms with Crippen LogP contribution in [0.1, 0.15) is 16.1 Å². The second-order valence-corrected chi connectivity index (χ2v) is 6.55. The SMILES string of the molecule is O=C(O)c1ccc(CNS(=O)(=O)c2cccs2)cn1. The Hall–Kier alpha value is -1.77. The van der Waals surface area contributed by atoms with Crippen LogP contribution in [0.3, 0.4) is 0 Å². The Morgan fingerprint density at radius 1 is 1.37 bits per heavy atom. The average Bonchev–Trinajstić information content (AvgIpc) is 2.91. The zero-order chi connectivity index (χ0) is 13.9. The largest absolute Gasteiger partial charge is 0.477 e. The van der Waals surface area contributed by atoms with Crippen LogP contribution in [0.5, 0.6) is 0 Å². The molecule has 0 saturated carbocycles. The summed E-state index contributed by atoms with van der Waals surface area (Å²) in [5.41, 5.74) is 0.509. The van der Waals surface area contributed by atoms with Crippen molar-refractivity contribution in [2.24, 2.45) is 0 Å². The van der Waals surface area contributed by atoms with E-state index in [-0.39, 0.29) is 16.4 Å². The highest BCUT2D eigenvalue weighted by Gasteiger charge is 2.14. The summed E-state index contributed by atoms with van der Waals surface area (Å²) in [5, 5.41) is 10.4. The zero-order valence-corrected chi connectivity index (χ0v) is 11.2. The lowest BCUT2D eigenvalue weighted by Gasteiger charge is -2.04. The second kappa shape index (κ2) is 5.47. The monoisotopic (exact) mass is 298 g/mol. The van der Waals surface area contributed by atoms with E-state index in [1.807, 2.05) is 0 Å². The molecule has 0 radical (unpaired) electrons. The standard InChI is InChI=1S/C11H10N2O4S2/c14-11(15)9-4-3-8(6-12-9)7-13-19(16,17)10-2-1-5-18-10/h1-6,13H,7H2,(H,14,15). The molecule has 0 aliphatic carbocycles. The molecule has 2 aromatic heterocycles. The number of carboxylic acids is 1. The molecule has 0 amide bonds. The fraction of sp³-hybridized carbons (Fsp3) is 0.0909. The number of carbonyl (C=O) groups is 1. The minimum absolute atomic E-state index is 0.0626. The highest BCUT2D eigenvalue weighted by molar-refractivity contribution is 7.91. The fourth-order valence-electron chi connectivity index (χ4n) is 1.32. The Morgan fingerprint density at radius 2 is 2.16 bits per heavy atom. The first-order valence-electron chi connectivity index (χ1n) is 5.20. The van der Waals surface area contributed by atoms with Crippen LogP contribution < -0.4 is 4.72 Å². The lowest BCUT2D eigenvalue weighted by Crippen LogP contribution is -2.22.